The number of benzene rings is 1. The second-order valence-electron chi connectivity index (χ2n) is 9.46. The number of hydrogen-bond donors (Lipinski definition) is 2. The minimum atomic E-state index is -0.747. The summed E-state index contributed by atoms with van der Waals surface area (Å²) in [7, 11) is 3.86. The van der Waals surface area contributed by atoms with Gasteiger partial charge in [-0.15, -0.1) is 0 Å². The van der Waals surface area contributed by atoms with Gasteiger partial charge < -0.3 is 19.7 Å². The molecule has 0 radical (unpaired) electrons. The predicted octanol–water partition coefficient (Wildman–Crippen LogP) is 4.94. The number of amides is 3. The van der Waals surface area contributed by atoms with Crippen LogP contribution in [0.15, 0.2) is 49.1 Å². The summed E-state index contributed by atoms with van der Waals surface area (Å²) in [4.78, 5) is 46.1. The first kappa shape index (κ1) is 28.5. The monoisotopic (exact) mass is 572 g/mol. The molecular formula is C27H30ClFN6O3S. The average molecular weight is 573 g/mol. The number of carbonyl (C=O) groups excluding carboxylic acids is 3. The molecule has 3 heterocycles. The number of rotatable bonds is 8. The molecule has 3 amide bonds. The van der Waals surface area contributed by atoms with Crippen LogP contribution in [0.3, 0.4) is 0 Å². The van der Waals surface area contributed by atoms with Crippen molar-refractivity contribution in [1.29, 1.82) is 0 Å². The van der Waals surface area contributed by atoms with Crippen molar-refractivity contribution in [2.75, 3.05) is 44.4 Å². The Morgan fingerprint density at radius 2 is 2.08 bits per heavy atom. The predicted molar refractivity (Wildman–Crippen MR) is 153 cm³/mol. The number of imidazole rings is 1. The van der Waals surface area contributed by atoms with Gasteiger partial charge in [0.25, 0.3) is 5.91 Å². The van der Waals surface area contributed by atoms with Crippen molar-refractivity contribution in [2.45, 2.75) is 25.3 Å². The average Bonchev–Trinajstić information content (AvgIpc) is 3.33. The van der Waals surface area contributed by atoms with Gasteiger partial charge in [-0.1, -0.05) is 41.7 Å². The standard InChI is InChI=1S/C27H30ClFN6O3S/c1-4-21(36)31-22-15-18(25(29)39-22)26(38)32-27-30-20-11-7-10-19(28)24(20)35(27)17-9-5-6-14-34(16-17)23(37)12-8-13-33(2)3/h4,7-8,10-12,15,17H,1,5-6,9,13-14,16H2,2-3H3,(H,31,36)(H,30,32,38)/b12-8+/t17-/m1/s1. The van der Waals surface area contributed by atoms with Crippen molar-refractivity contribution >= 4 is 62.6 Å². The Morgan fingerprint density at radius 3 is 2.82 bits per heavy atom. The van der Waals surface area contributed by atoms with E-state index in [1.807, 2.05) is 29.6 Å². The van der Waals surface area contributed by atoms with Gasteiger partial charge in [-0.2, -0.15) is 4.39 Å². The van der Waals surface area contributed by atoms with Crippen LogP contribution >= 0.6 is 22.9 Å². The van der Waals surface area contributed by atoms with Crippen molar-refractivity contribution in [3.05, 3.63) is 64.8 Å². The van der Waals surface area contributed by atoms with Gasteiger partial charge in [-0.05, 0) is 57.6 Å². The molecule has 0 aliphatic carbocycles. The maximum Gasteiger partial charge on any atom is 0.261 e. The Bertz CT molecular complexity index is 1430. The van der Waals surface area contributed by atoms with E-state index in [0.717, 1.165) is 25.3 Å². The molecule has 4 rings (SSSR count). The van der Waals surface area contributed by atoms with Gasteiger partial charge in [0.05, 0.1) is 32.7 Å². The molecule has 1 atom stereocenters. The number of nitrogens with zero attached hydrogens (tertiary/aromatic N) is 4. The minimum Gasteiger partial charge on any atom is -0.337 e. The number of carbonyl (C=O) groups is 3. The minimum absolute atomic E-state index is 0.0840. The van der Waals surface area contributed by atoms with E-state index in [-0.39, 0.29) is 28.5 Å². The number of para-hydroxylation sites is 1. The van der Waals surface area contributed by atoms with E-state index in [4.69, 9.17) is 11.6 Å². The molecule has 1 fully saturated rings. The second-order valence-corrected chi connectivity index (χ2v) is 10.9. The lowest BCUT2D eigenvalue weighted by Gasteiger charge is -2.26. The summed E-state index contributed by atoms with van der Waals surface area (Å²) in [5, 5.41) is 5.08. The summed E-state index contributed by atoms with van der Waals surface area (Å²) in [6.45, 7) is 5.03. The normalized spacial score (nSPS) is 16.0. The Labute approximate surface area is 234 Å². The highest BCUT2D eigenvalue weighted by Gasteiger charge is 2.28. The number of halogens is 2. The van der Waals surface area contributed by atoms with Crippen LogP contribution in [-0.4, -0.2) is 70.8 Å². The fourth-order valence-electron chi connectivity index (χ4n) is 4.48. The molecule has 0 spiro atoms. The molecule has 206 valence electrons. The van der Waals surface area contributed by atoms with E-state index in [2.05, 4.69) is 22.2 Å². The van der Waals surface area contributed by atoms with Crippen LogP contribution in [-0.2, 0) is 9.59 Å². The molecule has 1 saturated heterocycles. The van der Waals surface area contributed by atoms with Crippen LogP contribution < -0.4 is 10.6 Å². The second kappa shape index (κ2) is 12.5. The van der Waals surface area contributed by atoms with Crippen LogP contribution in [0.2, 0.25) is 5.02 Å². The van der Waals surface area contributed by atoms with Gasteiger partial charge in [0.1, 0.15) is 0 Å². The lowest BCUT2D eigenvalue weighted by Crippen LogP contribution is -2.34. The maximum absolute atomic E-state index is 14.7. The summed E-state index contributed by atoms with van der Waals surface area (Å²) in [6.07, 6.45) is 6.91. The van der Waals surface area contributed by atoms with Gasteiger partial charge in [0.15, 0.2) is 5.13 Å². The van der Waals surface area contributed by atoms with Crippen LogP contribution in [0, 0.1) is 5.13 Å². The van der Waals surface area contributed by atoms with Gasteiger partial charge in [-0.25, -0.2) is 4.98 Å². The Balaban J connectivity index is 1.66. The van der Waals surface area contributed by atoms with Crippen molar-refractivity contribution in [3.8, 4) is 0 Å². The summed E-state index contributed by atoms with van der Waals surface area (Å²) in [5.41, 5.74) is 0.963. The molecule has 12 heteroatoms. The Kier molecular flexibility index (Phi) is 9.16. The number of likely N-dealkylation sites (tertiary alicyclic amines) is 1. The van der Waals surface area contributed by atoms with Gasteiger partial charge >= 0.3 is 0 Å². The first-order valence-corrected chi connectivity index (χ1v) is 13.7. The van der Waals surface area contributed by atoms with Gasteiger partial charge in [0.2, 0.25) is 17.8 Å². The van der Waals surface area contributed by atoms with Crippen LogP contribution in [0.5, 0.6) is 0 Å². The molecule has 9 nitrogen and oxygen atoms in total. The van der Waals surface area contributed by atoms with E-state index in [1.54, 1.807) is 29.2 Å². The van der Waals surface area contributed by atoms with Crippen molar-refractivity contribution < 1.29 is 18.8 Å². The zero-order valence-electron chi connectivity index (χ0n) is 21.7. The number of aromatic nitrogens is 2. The fourth-order valence-corrected chi connectivity index (χ4v) is 5.52. The highest BCUT2D eigenvalue weighted by molar-refractivity contribution is 7.15. The largest absolute Gasteiger partial charge is 0.337 e. The number of anilines is 2. The quantitative estimate of drug-likeness (QED) is 0.373. The summed E-state index contributed by atoms with van der Waals surface area (Å²) in [6, 6.07) is 6.32. The number of thiophene rings is 1. The third-order valence-electron chi connectivity index (χ3n) is 6.30. The third kappa shape index (κ3) is 6.73. The van der Waals surface area contributed by atoms with Crippen LogP contribution in [0.4, 0.5) is 15.3 Å². The first-order chi connectivity index (χ1) is 18.7. The fraction of sp³-hybridized carbons (Fsp3) is 0.333. The van der Waals surface area contributed by atoms with Crippen LogP contribution in [0.25, 0.3) is 11.0 Å². The number of nitrogens with one attached hydrogen (secondary N) is 2. The lowest BCUT2D eigenvalue weighted by molar-refractivity contribution is -0.126. The topological polar surface area (TPSA) is 99.6 Å². The molecular weight excluding hydrogens is 543 g/mol. The summed E-state index contributed by atoms with van der Waals surface area (Å²) >= 11 is 7.24. The maximum atomic E-state index is 14.7. The first-order valence-electron chi connectivity index (χ1n) is 12.5. The number of hydrogen-bond acceptors (Lipinski definition) is 6. The van der Waals surface area contributed by atoms with Gasteiger partial charge in [-0.3, -0.25) is 19.7 Å². The van der Waals surface area contributed by atoms with E-state index in [0.29, 0.717) is 47.0 Å². The van der Waals surface area contributed by atoms with E-state index < -0.39 is 16.9 Å². The van der Waals surface area contributed by atoms with Gasteiger partial charge in [0, 0.05) is 25.7 Å². The molecule has 3 aromatic rings. The van der Waals surface area contributed by atoms with Crippen LogP contribution in [0.1, 0.15) is 35.7 Å². The molecule has 1 aliphatic rings. The number of likely N-dealkylation sites (N-methyl/N-ethyl adjacent to an activating group) is 1. The Hall–Kier alpha value is -3.54. The Morgan fingerprint density at radius 1 is 1.28 bits per heavy atom. The zero-order chi connectivity index (χ0) is 28.1. The van der Waals surface area contributed by atoms with E-state index in [1.165, 1.54) is 6.07 Å². The molecule has 2 N–H and O–H groups in total. The molecule has 2 aromatic heterocycles. The highest BCUT2D eigenvalue weighted by atomic mass is 35.5. The van der Waals surface area contributed by atoms with E-state index in [9.17, 15) is 18.8 Å². The molecule has 0 unspecified atom stereocenters. The number of fused-ring (bicyclic) bond motifs is 1. The van der Waals surface area contributed by atoms with Crippen molar-refractivity contribution in [3.63, 3.8) is 0 Å². The summed E-state index contributed by atoms with van der Waals surface area (Å²) in [5.74, 6) is -1.11. The molecule has 1 aromatic carbocycles. The third-order valence-corrected chi connectivity index (χ3v) is 7.45. The lowest BCUT2D eigenvalue weighted by atomic mass is 10.1. The van der Waals surface area contributed by atoms with Crippen molar-refractivity contribution in [2.24, 2.45) is 0 Å². The molecule has 0 bridgehead atoms. The molecule has 0 saturated carbocycles. The molecule has 39 heavy (non-hydrogen) atoms. The summed E-state index contributed by atoms with van der Waals surface area (Å²) < 4.78 is 16.5. The van der Waals surface area contributed by atoms with E-state index >= 15 is 0 Å². The molecule has 1 aliphatic heterocycles. The SMILES string of the molecule is C=CC(=O)Nc1cc(C(=O)Nc2nc3cccc(Cl)c3n2[C@@H]2CCCCN(C(=O)/C=C/CN(C)C)C2)c(F)s1. The van der Waals surface area contributed by atoms with Crippen molar-refractivity contribution in [1.82, 2.24) is 19.4 Å². The smallest absolute Gasteiger partial charge is 0.261 e. The highest BCUT2D eigenvalue weighted by Crippen LogP contribution is 2.34. The zero-order valence-corrected chi connectivity index (χ0v) is 23.3.